The molecule has 0 bridgehead atoms. The Balaban J connectivity index is 1.80. The van der Waals surface area contributed by atoms with Crippen molar-refractivity contribution < 1.29 is 4.79 Å². The highest BCUT2D eigenvalue weighted by Crippen LogP contribution is 2.35. The van der Waals surface area contributed by atoms with Gasteiger partial charge in [-0.3, -0.25) is 10.1 Å². The van der Waals surface area contributed by atoms with Crippen LogP contribution in [0.4, 0.5) is 10.8 Å². The summed E-state index contributed by atoms with van der Waals surface area (Å²) in [5.41, 5.74) is 8.88. The minimum Gasteiger partial charge on any atom is -0.397 e. The molecule has 126 valence electrons. The molecule has 0 aliphatic heterocycles. The molecular weight excluding hydrogens is 352 g/mol. The maximum absolute atomic E-state index is 12.5. The number of fused-ring (bicyclic) bond motifs is 2. The van der Waals surface area contributed by atoms with E-state index in [1.54, 1.807) is 6.20 Å². The first-order valence-corrected chi connectivity index (χ1v) is 9.56. The van der Waals surface area contributed by atoms with E-state index in [0.717, 1.165) is 21.1 Å². The Morgan fingerprint density at radius 1 is 1.28 bits per heavy atom. The molecule has 4 rings (SSSR count). The molecule has 7 heteroatoms. The first kappa shape index (κ1) is 16.0. The minimum atomic E-state index is -0.248. The Hall–Kier alpha value is -2.51. The molecule has 5 nitrogen and oxygen atoms in total. The lowest BCUT2D eigenvalue weighted by molar-refractivity contribution is 0.103. The first-order valence-electron chi connectivity index (χ1n) is 7.86. The predicted octanol–water partition coefficient (Wildman–Crippen LogP) is 4.86. The lowest BCUT2D eigenvalue weighted by Gasteiger charge is -2.06. The monoisotopic (exact) mass is 368 g/mol. The fraction of sp³-hybridized carbons (Fsp3) is 0.167. The van der Waals surface area contributed by atoms with E-state index < -0.39 is 0 Å². The zero-order chi connectivity index (χ0) is 17.6. The number of thiophene rings is 1. The third kappa shape index (κ3) is 2.85. The van der Waals surface area contributed by atoms with Crippen LogP contribution in [0, 0.1) is 0 Å². The zero-order valence-corrected chi connectivity index (χ0v) is 15.4. The second-order valence-corrected chi connectivity index (χ2v) is 7.98. The van der Waals surface area contributed by atoms with E-state index in [1.165, 1.54) is 28.2 Å². The van der Waals surface area contributed by atoms with Gasteiger partial charge in [0, 0.05) is 22.3 Å². The standard InChI is InChI=1S/C18H16N4OS2/c1-9(2)10-3-4-13-11(7-10)8-12-14(19)15(25-17(12)21-13)16(23)22-18-20-5-6-24-18/h3-9H,19H2,1-2H3,(H,20,22,23). The summed E-state index contributed by atoms with van der Waals surface area (Å²) in [4.78, 5) is 22.5. The number of rotatable bonds is 3. The number of amides is 1. The van der Waals surface area contributed by atoms with E-state index in [1.807, 2.05) is 17.5 Å². The van der Waals surface area contributed by atoms with Crippen molar-refractivity contribution in [1.82, 2.24) is 9.97 Å². The Morgan fingerprint density at radius 3 is 2.84 bits per heavy atom. The molecule has 3 N–H and O–H groups in total. The highest BCUT2D eigenvalue weighted by molar-refractivity contribution is 7.21. The first-order chi connectivity index (χ1) is 12.0. The van der Waals surface area contributed by atoms with Gasteiger partial charge in [-0.1, -0.05) is 19.9 Å². The number of hydrogen-bond acceptors (Lipinski definition) is 6. The van der Waals surface area contributed by atoms with Crippen molar-refractivity contribution in [3.8, 4) is 0 Å². The SMILES string of the molecule is CC(C)c1ccc2nc3sc(C(=O)Nc4nccs4)c(N)c3cc2c1. The van der Waals surface area contributed by atoms with E-state index in [-0.39, 0.29) is 5.91 Å². The van der Waals surface area contributed by atoms with E-state index in [2.05, 4.69) is 41.3 Å². The van der Waals surface area contributed by atoms with Crippen LogP contribution in [-0.2, 0) is 0 Å². The van der Waals surface area contributed by atoms with Crippen LogP contribution in [0.2, 0.25) is 0 Å². The topological polar surface area (TPSA) is 80.9 Å². The molecule has 0 aliphatic carbocycles. The summed E-state index contributed by atoms with van der Waals surface area (Å²) in [7, 11) is 0. The molecule has 3 aromatic heterocycles. The summed E-state index contributed by atoms with van der Waals surface area (Å²) in [5, 5.41) is 7.00. The third-order valence-corrected chi connectivity index (χ3v) is 5.87. The highest BCUT2D eigenvalue weighted by Gasteiger charge is 2.19. The van der Waals surface area contributed by atoms with E-state index in [4.69, 9.17) is 5.73 Å². The van der Waals surface area contributed by atoms with Crippen molar-refractivity contribution in [3.05, 3.63) is 46.3 Å². The number of aromatic nitrogens is 2. The molecule has 0 unspecified atom stereocenters. The fourth-order valence-corrected chi connectivity index (χ4v) is 4.19. The van der Waals surface area contributed by atoms with Gasteiger partial charge < -0.3 is 5.73 Å². The van der Waals surface area contributed by atoms with Gasteiger partial charge in [-0.25, -0.2) is 9.97 Å². The fourth-order valence-electron chi connectivity index (χ4n) is 2.69. The molecule has 1 aromatic carbocycles. The lowest BCUT2D eigenvalue weighted by atomic mass is 10.0. The minimum absolute atomic E-state index is 0.248. The summed E-state index contributed by atoms with van der Waals surface area (Å²) < 4.78 is 0. The number of carbonyl (C=O) groups is 1. The predicted molar refractivity (Wildman–Crippen MR) is 106 cm³/mol. The van der Waals surface area contributed by atoms with Gasteiger partial charge in [-0.15, -0.1) is 22.7 Å². The molecule has 0 saturated heterocycles. The van der Waals surface area contributed by atoms with Gasteiger partial charge in [0.05, 0.1) is 11.2 Å². The highest BCUT2D eigenvalue weighted by atomic mass is 32.1. The number of nitrogens with one attached hydrogen (secondary N) is 1. The average molecular weight is 368 g/mol. The normalized spacial score (nSPS) is 11.5. The van der Waals surface area contributed by atoms with Gasteiger partial charge in [0.2, 0.25) is 0 Å². The Morgan fingerprint density at radius 2 is 2.12 bits per heavy atom. The van der Waals surface area contributed by atoms with Crippen LogP contribution in [-0.4, -0.2) is 15.9 Å². The molecule has 1 amide bonds. The van der Waals surface area contributed by atoms with Crippen LogP contribution >= 0.6 is 22.7 Å². The van der Waals surface area contributed by atoms with Crippen molar-refractivity contribution in [3.63, 3.8) is 0 Å². The summed E-state index contributed by atoms with van der Waals surface area (Å²) in [5.74, 6) is 0.196. The van der Waals surface area contributed by atoms with Crippen molar-refractivity contribution in [2.75, 3.05) is 11.1 Å². The van der Waals surface area contributed by atoms with Gasteiger partial charge in [-0.05, 0) is 29.7 Å². The number of nitrogens with two attached hydrogens (primary N) is 1. The summed E-state index contributed by atoms with van der Waals surface area (Å²) in [6.45, 7) is 4.32. The van der Waals surface area contributed by atoms with Crippen molar-refractivity contribution in [2.45, 2.75) is 19.8 Å². The van der Waals surface area contributed by atoms with E-state index in [0.29, 0.717) is 21.6 Å². The maximum atomic E-state index is 12.5. The van der Waals surface area contributed by atoms with Gasteiger partial charge in [0.15, 0.2) is 5.13 Å². The molecule has 0 radical (unpaired) electrons. The molecule has 0 atom stereocenters. The number of nitrogen functional groups attached to an aromatic ring is 1. The van der Waals surface area contributed by atoms with Crippen LogP contribution in [0.15, 0.2) is 35.8 Å². The number of anilines is 2. The molecule has 0 spiro atoms. The van der Waals surface area contributed by atoms with Crippen molar-refractivity contribution in [1.29, 1.82) is 0 Å². The number of pyridine rings is 1. The zero-order valence-electron chi connectivity index (χ0n) is 13.7. The van der Waals surface area contributed by atoms with Crippen LogP contribution in [0.1, 0.15) is 35.0 Å². The number of carbonyl (C=O) groups excluding carboxylic acids is 1. The maximum Gasteiger partial charge on any atom is 0.269 e. The van der Waals surface area contributed by atoms with Crippen molar-refractivity contribution in [2.24, 2.45) is 0 Å². The quantitative estimate of drug-likeness (QED) is 0.541. The van der Waals surface area contributed by atoms with Crippen LogP contribution in [0.5, 0.6) is 0 Å². The van der Waals surface area contributed by atoms with Crippen molar-refractivity contribution >= 4 is 60.5 Å². The molecule has 25 heavy (non-hydrogen) atoms. The molecular formula is C18H16N4OS2. The Bertz CT molecular complexity index is 1080. The number of nitrogens with zero attached hydrogens (tertiary/aromatic N) is 2. The Labute approximate surface area is 152 Å². The number of benzene rings is 1. The molecule has 3 heterocycles. The van der Waals surface area contributed by atoms with Gasteiger partial charge in [0.1, 0.15) is 9.71 Å². The molecule has 0 aliphatic rings. The summed E-state index contributed by atoms with van der Waals surface area (Å²) in [6, 6.07) is 8.28. The number of thiazole rings is 1. The lowest BCUT2D eigenvalue weighted by Crippen LogP contribution is -2.11. The number of hydrogen-bond donors (Lipinski definition) is 2. The molecule has 0 fully saturated rings. The van der Waals surface area contributed by atoms with Gasteiger partial charge in [-0.2, -0.15) is 0 Å². The van der Waals surface area contributed by atoms with Crippen LogP contribution in [0.25, 0.3) is 21.1 Å². The van der Waals surface area contributed by atoms with E-state index >= 15 is 0 Å². The van der Waals surface area contributed by atoms with E-state index in [9.17, 15) is 4.79 Å². The molecule has 0 saturated carbocycles. The summed E-state index contributed by atoms with van der Waals surface area (Å²) in [6.07, 6.45) is 1.65. The van der Waals surface area contributed by atoms with Gasteiger partial charge >= 0.3 is 0 Å². The molecule has 4 aromatic rings. The van der Waals surface area contributed by atoms with Crippen LogP contribution in [0.3, 0.4) is 0 Å². The average Bonchev–Trinajstić information content (AvgIpc) is 3.20. The second kappa shape index (κ2) is 6.09. The summed E-state index contributed by atoms with van der Waals surface area (Å²) >= 11 is 2.68. The third-order valence-electron chi connectivity index (χ3n) is 4.06. The second-order valence-electron chi connectivity index (χ2n) is 6.08. The largest absolute Gasteiger partial charge is 0.397 e. The smallest absolute Gasteiger partial charge is 0.269 e. The van der Waals surface area contributed by atoms with Gasteiger partial charge in [0.25, 0.3) is 5.91 Å². The van der Waals surface area contributed by atoms with Crippen LogP contribution < -0.4 is 11.1 Å². The Kier molecular flexibility index (Phi) is 3.89.